The zero-order valence-corrected chi connectivity index (χ0v) is 16.4. The van der Waals surface area contributed by atoms with Crippen molar-refractivity contribution < 1.29 is 27.5 Å². The summed E-state index contributed by atoms with van der Waals surface area (Å²) in [7, 11) is 0. The summed E-state index contributed by atoms with van der Waals surface area (Å²) in [6.07, 6.45) is -3.90. The minimum absolute atomic E-state index is 0.189. The van der Waals surface area contributed by atoms with Crippen LogP contribution in [0.4, 0.5) is 22.4 Å². The summed E-state index contributed by atoms with van der Waals surface area (Å²) in [6, 6.07) is 2.15. The van der Waals surface area contributed by atoms with E-state index in [9.17, 15) is 27.5 Å². The number of halogens is 5. The number of fused-ring (bicyclic) bond motifs is 1. The van der Waals surface area contributed by atoms with E-state index >= 15 is 0 Å². The molecule has 1 aliphatic rings. The number of amides is 1. The van der Waals surface area contributed by atoms with Gasteiger partial charge < -0.3 is 9.67 Å². The lowest BCUT2D eigenvalue weighted by Crippen LogP contribution is -2.42. The molecule has 1 atom stereocenters. The minimum atomic E-state index is -4.76. The van der Waals surface area contributed by atoms with Crippen molar-refractivity contribution in [1.82, 2.24) is 14.5 Å². The van der Waals surface area contributed by atoms with Crippen molar-refractivity contribution in [3.05, 3.63) is 51.8 Å². The van der Waals surface area contributed by atoms with Gasteiger partial charge in [-0.15, -0.1) is 0 Å². The Kier molecular flexibility index (Phi) is 6.07. The number of nitrogens with zero attached hydrogens (tertiary/aromatic N) is 3. The molecule has 0 aliphatic carbocycles. The molecular weight excluding hydrogens is 414 g/mol. The van der Waals surface area contributed by atoms with Gasteiger partial charge in [-0.3, -0.25) is 4.90 Å². The van der Waals surface area contributed by atoms with Crippen LogP contribution in [0.5, 0.6) is 0 Å². The van der Waals surface area contributed by atoms with E-state index in [-0.39, 0.29) is 24.5 Å². The van der Waals surface area contributed by atoms with Gasteiger partial charge in [-0.25, -0.2) is 14.2 Å². The van der Waals surface area contributed by atoms with E-state index in [1.165, 1.54) is 11.0 Å². The van der Waals surface area contributed by atoms with Crippen molar-refractivity contribution in [3.8, 4) is 0 Å². The maximum atomic E-state index is 13.8. The molecule has 1 N–H and O–H groups in total. The number of carbonyl (C=O) groups is 1. The first kappa shape index (κ1) is 21.4. The fourth-order valence-electron chi connectivity index (χ4n) is 3.74. The molecule has 0 bridgehead atoms. The molecule has 2 aromatic rings. The molecule has 29 heavy (non-hydrogen) atoms. The SMILES string of the molecule is CCCc1nc(Cl)c2n1CCN(C(=O)O)C2CCc1ccc(C(F)(F)F)c(F)c1. The first-order valence-corrected chi connectivity index (χ1v) is 9.61. The van der Waals surface area contributed by atoms with Gasteiger partial charge in [0.25, 0.3) is 0 Å². The third kappa shape index (κ3) is 4.34. The van der Waals surface area contributed by atoms with Gasteiger partial charge in [0.15, 0.2) is 5.15 Å². The van der Waals surface area contributed by atoms with Crippen molar-refractivity contribution in [2.75, 3.05) is 6.54 Å². The second kappa shape index (κ2) is 8.22. The monoisotopic (exact) mass is 433 g/mol. The topological polar surface area (TPSA) is 58.4 Å². The number of carboxylic acid groups (broad SMARTS) is 1. The van der Waals surface area contributed by atoms with E-state index < -0.39 is 29.7 Å². The largest absolute Gasteiger partial charge is 0.465 e. The lowest BCUT2D eigenvalue weighted by atomic mass is 9.99. The first-order valence-electron chi connectivity index (χ1n) is 9.23. The summed E-state index contributed by atoms with van der Waals surface area (Å²) in [5.41, 5.74) is -0.394. The normalized spacial score (nSPS) is 16.8. The van der Waals surface area contributed by atoms with Gasteiger partial charge in [0.1, 0.15) is 11.6 Å². The summed E-state index contributed by atoms with van der Waals surface area (Å²) in [6.45, 7) is 2.68. The summed E-state index contributed by atoms with van der Waals surface area (Å²) in [5.74, 6) is -0.565. The highest BCUT2D eigenvalue weighted by Gasteiger charge is 2.36. The number of benzene rings is 1. The molecule has 0 fully saturated rings. The molecule has 0 saturated carbocycles. The first-order chi connectivity index (χ1) is 13.6. The molecule has 0 radical (unpaired) electrons. The van der Waals surface area contributed by atoms with Gasteiger partial charge in [-0.05, 0) is 37.0 Å². The van der Waals surface area contributed by atoms with Crippen LogP contribution in [0.15, 0.2) is 18.2 Å². The zero-order chi connectivity index (χ0) is 21.3. The maximum Gasteiger partial charge on any atom is 0.419 e. The van der Waals surface area contributed by atoms with E-state index in [1.807, 2.05) is 11.5 Å². The highest BCUT2D eigenvalue weighted by atomic mass is 35.5. The van der Waals surface area contributed by atoms with Gasteiger partial charge >= 0.3 is 12.3 Å². The van der Waals surface area contributed by atoms with E-state index in [2.05, 4.69) is 4.98 Å². The Bertz CT molecular complexity index is 914. The van der Waals surface area contributed by atoms with Crippen LogP contribution < -0.4 is 0 Å². The van der Waals surface area contributed by atoms with Crippen molar-refractivity contribution in [3.63, 3.8) is 0 Å². The highest BCUT2D eigenvalue weighted by molar-refractivity contribution is 6.30. The summed E-state index contributed by atoms with van der Waals surface area (Å²) < 4.78 is 54.0. The van der Waals surface area contributed by atoms with E-state index in [0.29, 0.717) is 30.3 Å². The predicted molar refractivity (Wildman–Crippen MR) is 98.4 cm³/mol. The van der Waals surface area contributed by atoms with Crippen molar-refractivity contribution >= 4 is 17.7 Å². The van der Waals surface area contributed by atoms with Crippen molar-refractivity contribution in [2.24, 2.45) is 0 Å². The van der Waals surface area contributed by atoms with Gasteiger partial charge in [-0.2, -0.15) is 13.2 Å². The highest BCUT2D eigenvalue weighted by Crippen LogP contribution is 2.36. The molecule has 3 rings (SSSR count). The van der Waals surface area contributed by atoms with Crippen molar-refractivity contribution in [1.29, 1.82) is 0 Å². The van der Waals surface area contributed by atoms with Crippen LogP contribution in [-0.2, 0) is 25.6 Å². The average molecular weight is 434 g/mol. The lowest BCUT2D eigenvalue weighted by Gasteiger charge is -2.35. The Morgan fingerprint density at radius 2 is 2.03 bits per heavy atom. The third-order valence-corrected chi connectivity index (χ3v) is 5.34. The summed E-state index contributed by atoms with van der Waals surface area (Å²) >= 11 is 6.30. The minimum Gasteiger partial charge on any atom is -0.465 e. The van der Waals surface area contributed by atoms with Crippen LogP contribution in [0.1, 0.15) is 48.5 Å². The summed E-state index contributed by atoms with van der Waals surface area (Å²) in [4.78, 5) is 17.3. The van der Waals surface area contributed by atoms with Gasteiger partial charge in [0.2, 0.25) is 0 Å². The molecule has 2 heterocycles. The molecule has 1 aromatic carbocycles. The maximum absolute atomic E-state index is 13.8. The number of aryl methyl sites for hydroxylation is 2. The van der Waals surface area contributed by atoms with Gasteiger partial charge in [0.05, 0.1) is 17.3 Å². The van der Waals surface area contributed by atoms with Crippen LogP contribution in [0.3, 0.4) is 0 Å². The molecule has 1 aliphatic heterocycles. The fourth-order valence-corrected chi connectivity index (χ4v) is 4.07. The third-order valence-electron chi connectivity index (χ3n) is 5.06. The van der Waals surface area contributed by atoms with Crippen LogP contribution in [0.2, 0.25) is 5.15 Å². The number of imidazole rings is 1. The number of hydrogen-bond acceptors (Lipinski definition) is 2. The Hall–Kier alpha value is -2.29. The Balaban J connectivity index is 1.87. The van der Waals surface area contributed by atoms with E-state index in [4.69, 9.17) is 11.6 Å². The molecule has 10 heteroatoms. The van der Waals surface area contributed by atoms with E-state index in [1.54, 1.807) is 0 Å². The number of aromatic nitrogens is 2. The van der Waals surface area contributed by atoms with Crippen LogP contribution >= 0.6 is 11.6 Å². The second-order valence-electron chi connectivity index (χ2n) is 6.95. The fraction of sp³-hybridized carbons (Fsp3) is 0.474. The van der Waals surface area contributed by atoms with Crippen molar-refractivity contribution in [2.45, 2.75) is 51.4 Å². The zero-order valence-electron chi connectivity index (χ0n) is 15.6. The number of rotatable bonds is 5. The quantitative estimate of drug-likeness (QED) is 0.650. The average Bonchev–Trinajstić information content (AvgIpc) is 2.95. The molecular formula is C19H20ClF4N3O2. The van der Waals surface area contributed by atoms with Crippen LogP contribution in [0, 0.1) is 5.82 Å². The summed E-state index contributed by atoms with van der Waals surface area (Å²) in [5, 5.41) is 9.80. The van der Waals surface area contributed by atoms with Crippen LogP contribution in [-0.4, -0.2) is 32.2 Å². The molecule has 158 valence electrons. The standard InChI is InChI=1S/C19H20ClF4N3O2/c1-2-3-15-25-17(20)16-14(26(18(28)29)8-9-27(15)16)7-5-11-4-6-12(13(21)10-11)19(22,23)24/h4,6,10,14H,2-3,5,7-9H2,1H3,(H,28,29). The Labute approximate surface area is 169 Å². The second-order valence-corrected chi connectivity index (χ2v) is 7.31. The molecule has 0 saturated heterocycles. The van der Waals surface area contributed by atoms with Gasteiger partial charge in [0, 0.05) is 19.5 Å². The Morgan fingerprint density at radius 1 is 1.31 bits per heavy atom. The molecule has 5 nitrogen and oxygen atoms in total. The molecule has 1 unspecified atom stereocenters. The van der Waals surface area contributed by atoms with Gasteiger partial charge in [-0.1, -0.05) is 24.6 Å². The molecule has 1 aromatic heterocycles. The predicted octanol–water partition coefficient (Wildman–Crippen LogP) is 5.31. The molecule has 0 spiro atoms. The Morgan fingerprint density at radius 3 is 2.62 bits per heavy atom. The van der Waals surface area contributed by atoms with Crippen LogP contribution in [0.25, 0.3) is 0 Å². The number of alkyl halides is 3. The molecule has 1 amide bonds. The number of hydrogen-bond donors (Lipinski definition) is 1. The lowest BCUT2D eigenvalue weighted by molar-refractivity contribution is -0.140. The van der Waals surface area contributed by atoms with E-state index in [0.717, 1.165) is 18.3 Å². The smallest absolute Gasteiger partial charge is 0.419 e.